The number of hydrogen-bond donors (Lipinski definition) is 0. The molecular formula is C24H27N3O. The second-order valence-electron chi connectivity index (χ2n) is 7.64. The lowest BCUT2D eigenvalue weighted by atomic mass is 10.0. The molecule has 2 aromatic carbocycles. The van der Waals surface area contributed by atoms with E-state index in [-0.39, 0.29) is 5.91 Å². The first-order valence-corrected chi connectivity index (χ1v) is 10.1. The van der Waals surface area contributed by atoms with Crippen LogP contribution in [-0.2, 0) is 6.42 Å². The summed E-state index contributed by atoms with van der Waals surface area (Å²) in [6, 6.07) is 20.9. The zero-order chi connectivity index (χ0) is 19.3. The molecule has 4 nitrogen and oxygen atoms in total. The summed E-state index contributed by atoms with van der Waals surface area (Å²) in [4.78, 5) is 22.0. The predicted molar refractivity (Wildman–Crippen MR) is 113 cm³/mol. The van der Waals surface area contributed by atoms with Gasteiger partial charge < -0.3 is 9.80 Å². The smallest absolute Gasteiger partial charge is 0.273 e. The van der Waals surface area contributed by atoms with Crippen LogP contribution in [0.5, 0.6) is 0 Å². The molecule has 3 aromatic rings. The first-order valence-electron chi connectivity index (χ1n) is 10.1. The predicted octanol–water partition coefficient (Wildman–Crippen LogP) is 4.01. The van der Waals surface area contributed by atoms with E-state index in [1.165, 1.54) is 5.56 Å². The van der Waals surface area contributed by atoms with Crippen LogP contribution in [0.2, 0.25) is 0 Å². The van der Waals surface area contributed by atoms with Crippen LogP contribution in [0.3, 0.4) is 0 Å². The quantitative estimate of drug-likeness (QED) is 0.678. The molecule has 2 heterocycles. The molecule has 0 N–H and O–H groups in total. The van der Waals surface area contributed by atoms with Gasteiger partial charge in [-0.25, -0.2) is 0 Å². The number of pyridine rings is 1. The van der Waals surface area contributed by atoms with Gasteiger partial charge in [0.1, 0.15) is 5.69 Å². The molecule has 0 spiro atoms. The number of likely N-dealkylation sites (tertiary alicyclic amines) is 1. The standard InChI is InChI=1S/C24H27N3O/c1-26(17-14-19-8-3-2-4-9-19)21-11-7-16-27(18-21)24(28)23-22-12-6-5-10-20(22)13-15-25-23/h2-6,8-10,12-13,15,21H,7,11,14,16-18H2,1H3/t21-/m1/s1. The third kappa shape index (κ3) is 4.07. The average molecular weight is 374 g/mol. The second-order valence-corrected chi connectivity index (χ2v) is 7.64. The van der Waals surface area contributed by atoms with Gasteiger partial charge in [-0.1, -0.05) is 54.6 Å². The molecule has 1 aliphatic heterocycles. The average Bonchev–Trinajstić information content (AvgIpc) is 2.77. The van der Waals surface area contributed by atoms with Gasteiger partial charge in [-0.05, 0) is 43.3 Å². The van der Waals surface area contributed by atoms with Crippen molar-refractivity contribution in [3.63, 3.8) is 0 Å². The van der Waals surface area contributed by atoms with Gasteiger partial charge >= 0.3 is 0 Å². The molecule has 1 atom stereocenters. The molecule has 0 aliphatic carbocycles. The van der Waals surface area contributed by atoms with Crippen molar-refractivity contribution >= 4 is 16.7 Å². The van der Waals surface area contributed by atoms with Gasteiger partial charge in [-0.3, -0.25) is 9.78 Å². The Bertz CT molecular complexity index is 935. The fourth-order valence-corrected chi connectivity index (χ4v) is 4.07. The number of aromatic nitrogens is 1. The molecule has 4 rings (SSSR count). The summed E-state index contributed by atoms with van der Waals surface area (Å²) in [5.74, 6) is 0.0537. The van der Waals surface area contributed by atoms with Crippen LogP contribution in [0.4, 0.5) is 0 Å². The molecule has 1 fully saturated rings. The highest BCUT2D eigenvalue weighted by atomic mass is 16.2. The highest BCUT2D eigenvalue weighted by Crippen LogP contribution is 2.21. The van der Waals surface area contributed by atoms with Crippen LogP contribution in [0.1, 0.15) is 28.9 Å². The van der Waals surface area contributed by atoms with Crippen LogP contribution in [0.25, 0.3) is 10.8 Å². The molecule has 0 bridgehead atoms. The van der Waals surface area contributed by atoms with Gasteiger partial charge in [-0.2, -0.15) is 0 Å². The van der Waals surface area contributed by atoms with Crippen LogP contribution < -0.4 is 0 Å². The lowest BCUT2D eigenvalue weighted by molar-refractivity contribution is 0.0608. The van der Waals surface area contributed by atoms with E-state index < -0.39 is 0 Å². The number of likely N-dealkylation sites (N-methyl/N-ethyl adjacent to an activating group) is 1. The molecule has 0 radical (unpaired) electrons. The molecule has 144 valence electrons. The molecular weight excluding hydrogens is 346 g/mol. The van der Waals surface area contributed by atoms with Crippen LogP contribution in [-0.4, -0.2) is 53.4 Å². The fourth-order valence-electron chi connectivity index (χ4n) is 4.07. The van der Waals surface area contributed by atoms with Crippen LogP contribution in [0, 0.1) is 0 Å². The second kappa shape index (κ2) is 8.53. The Labute approximate surface area is 166 Å². The van der Waals surface area contributed by atoms with Gasteiger partial charge in [0.2, 0.25) is 0 Å². The summed E-state index contributed by atoms with van der Waals surface area (Å²) in [6.45, 7) is 2.59. The number of nitrogens with zero attached hydrogens (tertiary/aromatic N) is 3. The largest absolute Gasteiger partial charge is 0.336 e. The lowest BCUT2D eigenvalue weighted by Crippen LogP contribution is -2.49. The Morgan fingerprint density at radius 2 is 1.89 bits per heavy atom. The molecule has 4 heteroatoms. The van der Waals surface area contributed by atoms with Crippen molar-refractivity contribution in [2.45, 2.75) is 25.3 Å². The van der Waals surface area contributed by atoms with Crippen molar-refractivity contribution in [3.8, 4) is 0 Å². The maximum atomic E-state index is 13.2. The van der Waals surface area contributed by atoms with Crippen molar-refractivity contribution in [2.24, 2.45) is 0 Å². The number of rotatable bonds is 5. The number of piperidine rings is 1. The van der Waals surface area contributed by atoms with Crippen molar-refractivity contribution in [2.75, 3.05) is 26.7 Å². The number of carbonyl (C=O) groups excluding carboxylic acids is 1. The SMILES string of the molecule is CN(CCc1ccccc1)[C@@H]1CCCN(C(=O)c2nccc3ccccc23)C1. The number of carbonyl (C=O) groups is 1. The van der Waals surface area contributed by atoms with E-state index in [1.807, 2.05) is 35.2 Å². The van der Waals surface area contributed by atoms with Gasteiger partial charge in [0, 0.05) is 37.3 Å². The van der Waals surface area contributed by atoms with E-state index in [9.17, 15) is 4.79 Å². The number of fused-ring (bicyclic) bond motifs is 1. The van der Waals surface area contributed by atoms with Crippen LogP contribution in [0.15, 0.2) is 66.9 Å². The molecule has 1 aromatic heterocycles. The van der Waals surface area contributed by atoms with Gasteiger partial charge in [0.05, 0.1) is 0 Å². The van der Waals surface area contributed by atoms with E-state index in [0.29, 0.717) is 11.7 Å². The van der Waals surface area contributed by atoms with Crippen LogP contribution >= 0.6 is 0 Å². The van der Waals surface area contributed by atoms with Crippen molar-refractivity contribution in [1.82, 2.24) is 14.8 Å². The first-order chi connectivity index (χ1) is 13.7. The highest BCUT2D eigenvalue weighted by Gasteiger charge is 2.28. The van der Waals surface area contributed by atoms with Crippen molar-refractivity contribution in [3.05, 3.63) is 78.1 Å². The summed E-state index contributed by atoms with van der Waals surface area (Å²) in [5.41, 5.74) is 1.93. The fraction of sp³-hybridized carbons (Fsp3) is 0.333. The van der Waals surface area contributed by atoms with E-state index >= 15 is 0 Å². The third-order valence-corrected chi connectivity index (χ3v) is 5.78. The Balaban J connectivity index is 1.43. The summed E-state index contributed by atoms with van der Waals surface area (Å²) in [5, 5.41) is 2.00. The van der Waals surface area contributed by atoms with E-state index in [4.69, 9.17) is 0 Å². The zero-order valence-electron chi connectivity index (χ0n) is 16.4. The van der Waals surface area contributed by atoms with Crippen molar-refractivity contribution in [1.29, 1.82) is 0 Å². The summed E-state index contributed by atoms with van der Waals surface area (Å²) >= 11 is 0. The molecule has 0 saturated carbocycles. The maximum Gasteiger partial charge on any atom is 0.273 e. The minimum Gasteiger partial charge on any atom is -0.336 e. The Kier molecular flexibility index (Phi) is 5.68. The van der Waals surface area contributed by atoms with Crippen molar-refractivity contribution < 1.29 is 4.79 Å². The Morgan fingerprint density at radius 1 is 1.11 bits per heavy atom. The molecule has 1 amide bonds. The summed E-state index contributed by atoms with van der Waals surface area (Å²) in [6.07, 6.45) is 4.95. The molecule has 1 saturated heterocycles. The molecule has 0 unspecified atom stereocenters. The van der Waals surface area contributed by atoms with E-state index in [1.54, 1.807) is 6.20 Å². The minimum atomic E-state index is 0.0537. The molecule has 1 aliphatic rings. The molecule has 28 heavy (non-hydrogen) atoms. The Morgan fingerprint density at radius 3 is 2.75 bits per heavy atom. The maximum absolute atomic E-state index is 13.2. The van der Waals surface area contributed by atoms with E-state index in [0.717, 1.165) is 49.7 Å². The van der Waals surface area contributed by atoms with E-state index in [2.05, 4.69) is 47.3 Å². The topological polar surface area (TPSA) is 36.4 Å². The highest BCUT2D eigenvalue weighted by molar-refractivity contribution is 6.05. The number of benzene rings is 2. The minimum absolute atomic E-state index is 0.0537. The zero-order valence-corrected chi connectivity index (χ0v) is 16.4. The summed E-state index contributed by atoms with van der Waals surface area (Å²) in [7, 11) is 2.18. The van der Waals surface area contributed by atoms with Gasteiger partial charge in [0.15, 0.2) is 0 Å². The number of hydrogen-bond acceptors (Lipinski definition) is 3. The lowest BCUT2D eigenvalue weighted by Gasteiger charge is -2.37. The normalized spacial score (nSPS) is 17.2. The van der Waals surface area contributed by atoms with Gasteiger partial charge in [0.25, 0.3) is 5.91 Å². The Hall–Kier alpha value is -2.72. The summed E-state index contributed by atoms with van der Waals surface area (Å²) < 4.78 is 0. The first kappa shape index (κ1) is 18.6. The third-order valence-electron chi connectivity index (χ3n) is 5.78. The van der Waals surface area contributed by atoms with Gasteiger partial charge in [-0.15, -0.1) is 0 Å². The number of amides is 1. The monoisotopic (exact) mass is 373 g/mol.